The molecule has 78 valence electrons. The van der Waals surface area contributed by atoms with Crippen molar-refractivity contribution >= 4 is 37.8 Å². The van der Waals surface area contributed by atoms with Gasteiger partial charge in [-0.3, -0.25) is 4.79 Å². The number of rotatable bonds is 1. The third kappa shape index (κ3) is 1.18. The molecule has 0 unspecified atom stereocenters. The highest BCUT2D eigenvalue weighted by molar-refractivity contribution is 7.25. The molecule has 0 aliphatic rings. The number of benzene rings is 2. The standard InChI is InChI=1S/C13H7FOS/c14-10-6-5-8(7-15)12-9-3-1-2-4-11(9)16-13(10)12/h1-7H. The molecule has 0 radical (unpaired) electrons. The summed E-state index contributed by atoms with van der Waals surface area (Å²) >= 11 is 1.38. The molecule has 0 saturated heterocycles. The lowest BCUT2D eigenvalue weighted by Gasteiger charge is -1.96. The average Bonchev–Trinajstić information content (AvgIpc) is 2.70. The minimum absolute atomic E-state index is 0.262. The van der Waals surface area contributed by atoms with Gasteiger partial charge in [0.05, 0.1) is 4.70 Å². The summed E-state index contributed by atoms with van der Waals surface area (Å²) in [4.78, 5) is 11.0. The van der Waals surface area contributed by atoms with Crippen molar-refractivity contribution in [2.24, 2.45) is 0 Å². The first-order chi connectivity index (χ1) is 7.81. The van der Waals surface area contributed by atoms with Crippen LogP contribution in [0.3, 0.4) is 0 Å². The van der Waals surface area contributed by atoms with Crippen LogP contribution in [0.4, 0.5) is 4.39 Å². The minimum Gasteiger partial charge on any atom is -0.298 e. The second-order valence-electron chi connectivity index (χ2n) is 3.56. The van der Waals surface area contributed by atoms with Crippen LogP contribution in [0, 0.1) is 5.82 Å². The molecule has 1 heterocycles. The predicted molar refractivity (Wildman–Crippen MR) is 64.7 cm³/mol. The second-order valence-corrected chi connectivity index (χ2v) is 4.61. The van der Waals surface area contributed by atoms with Crippen molar-refractivity contribution in [3.8, 4) is 0 Å². The summed E-state index contributed by atoms with van der Waals surface area (Å²) in [6.45, 7) is 0. The van der Waals surface area contributed by atoms with Crippen LogP contribution in [0.5, 0.6) is 0 Å². The molecule has 0 amide bonds. The number of carbonyl (C=O) groups is 1. The predicted octanol–water partition coefficient (Wildman–Crippen LogP) is 4.01. The van der Waals surface area contributed by atoms with Gasteiger partial charge in [-0.25, -0.2) is 4.39 Å². The van der Waals surface area contributed by atoms with Crippen molar-refractivity contribution in [2.45, 2.75) is 0 Å². The molecule has 16 heavy (non-hydrogen) atoms. The summed E-state index contributed by atoms with van der Waals surface area (Å²) in [6.07, 6.45) is 0.779. The monoisotopic (exact) mass is 230 g/mol. The van der Waals surface area contributed by atoms with E-state index in [-0.39, 0.29) is 5.82 Å². The maximum atomic E-state index is 13.6. The summed E-state index contributed by atoms with van der Waals surface area (Å²) in [7, 11) is 0. The Labute approximate surface area is 95.1 Å². The molecule has 0 saturated carbocycles. The molecule has 0 aliphatic carbocycles. The zero-order valence-corrected chi connectivity index (χ0v) is 9.05. The molecule has 3 aromatic rings. The Morgan fingerprint density at radius 3 is 2.75 bits per heavy atom. The highest BCUT2D eigenvalue weighted by Crippen LogP contribution is 2.36. The van der Waals surface area contributed by atoms with Crippen LogP contribution >= 0.6 is 11.3 Å². The fraction of sp³-hybridized carbons (Fsp3) is 0. The van der Waals surface area contributed by atoms with Crippen molar-refractivity contribution in [1.82, 2.24) is 0 Å². The van der Waals surface area contributed by atoms with Gasteiger partial charge in [0.15, 0.2) is 6.29 Å². The number of hydrogen-bond acceptors (Lipinski definition) is 2. The second kappa shape index (κ2) is 3.39. The lowest BCUT2D eigenvalue weighted by Crippen LogP contribution is -1.83. The lowest BCUT2D eigenvalue weighted by molar-refractivity contribution is 0.112. The average molecular weight is 230 g/mol. The van der Waals surface area contributed by atoms with Crippen molar-refractivity contribution in [3.05, 3.63) is 47.8 Å². The Bertz CT molecular complexity index is 700. The molecular formula is C13H7FOS. The van der Waals surface area contributed by atoms with Gasteiger partial charge >= 0.3 is 0 Å². The fourth-order valence-corrected chi connectivity index (χ4v) is 3.06. The van der Waals surface area contributed by atoms with Crippen LogP contribution in [0.2, 0.25) is 0 Å². The number of aldehydes is 1. The van der Waals surface area contributed by atoms with E-state index >= 15 is 0 Å². The minimum atomic E-state index is -0.262. The highest BCUT2D eigenvalue weighted by Gasteiger charge is 2.11. The molecule has 1 nitrogen and oxygen atoms in total. The van der Waals surface area contributed by atoms with E-state index in [1.165, 1.54) is 23.5 Å². The van der Waals surface area contributed by atoms with Crippen molar-refractivity contribution < 1.29 is 9.18 Å². The third-order valence-electron chi connectivity index (χ3n) is 2.64. The van der Waals surface area contributed by atoms with Gasteiger partial charge in [0.2, 0.25) is 0 Å². The van der Waals surface area contributed by atoms with Crippen LogP contribution in [0.1, 0.15) is 10.4 Å². The smallest absolute Gasteiger partial charge is 0.150 e. The number of hydrogen-bond donors (Lipinski definition) is 0. The van der Waals surface area contributed by atoms with E-state index in [0.717, 1.165) is 21.8 Å². The lowest BCUT2D eigenvalue weighted by atomic mass is 10.1. The van der Waals surface area contributed by atoms with E-state index in [2.05, 4.69) is 0 Å². The van der Waals surface area contributed by atoms with Gasteiger partial charge in [0.25, 0.3) is 0 Å². The first-order valence-electron chi connectivity index (χ1n) is 4.86. The molecule has 2 aromatic carbocycles. The zero-order valence-electron chi connectivity index (χ0n) is 8.24. The van der Waals surface area contributed by atoms with Gasteiger partial charge in [-0.1, -0.05) is 18.2 Å². The van der Waals surface area contributed by atoms with Gasteiger partial charge in [-0.15, -0.1) is 11.3 Å². The SMILES string of the molecule is O=Cc1ccc(F)c2sc3ccccc3c12. The van der Waals surface area contributed by atoms with Gasteiger partial charge < -0.3 is 0 Å². The largest absolute Gasteiger partial charge is 0.298 e. The number of thiophene rings is 1. The maximum absolute atomic E-state index is 13.6. The summed E-state index contributed by atoms with van der Waals surface area (Å²) < 4.78 is 15.2. The van der Waals surface area contributed by atoms with Crippen LogP contribution in [0.15, 0.2) is 36.4 Å². The number of carbonyl (C=O) groups excluding carboxylic acids is 1. The van der Waals surface area contributed by atoms with Crippen LogP contribution in [0.25, 0.3) is 20.2 Å². The van der Waals surface area contributed by atoms with Crippen molar-refractivity contribution in [1.29, 1.82) is 0 Å². The molecule has 1 aromatic heterocycles. The Morgan fingerprint density at radius 1 is 1.12 bits per heavy atom. The molecule has 3 rings (SSSR count). The van der Waals surface area contributed by atoms with Crippen LogP contribution in [-0.4, -0.2) is 6.29 Å². The molecule has 0 fully saturated rings. The Morgan fingerprint density at radius 2 is 1.94 bits per heavy atom. The molecule has 0 N–H and O–H groups in total. The van der Waals surface area contributed by atoms with Gasteiger partial charge in [0, 0.05) is 21.0 Å². The van der Waals surface area contributed by atoms with E-state index in [0.29, 0.717) is 10.3 Å². The maximum Gasteiger partial charge on any atom is 0.150 e. The zero-order chi connectivity index (χ0) is 11.1. The van der Waals surface area contributed by atoms with Crippen LogP contribution in [-0.2, 0) is 0 Å². The Balaban J connectivity index is 2.64. The van der Waals surface area contributed by atoms with Crippen molar-refractivity contribution in [3.63, 3.8) is 0 Å². The van der Waals surface area contributed by atoms with E-state index in [1.807, 2.05) is 24.3 Å². The first-order valence-corrected chi connectivity index (χ1v) is 5.68. The molecule has 0 bridgehead atoms. The summed E-state index contributed by atoms with van der Waals surface area (Å²) in [5.74, 6) is -0.262. The molecule has 0 aliphatic heterocycles. The van der Waals surface area contributed by atoms with Crippen molar-refractivity contribution in [2.75, 3.05) is 0 Å². The van der Waals surface area contributed by atoms with Gasteiger partial charge in [-0.2, -0.15) is 0 Å². The summed E-state index contributed by atoms with van der Waals surface area (Å²) in [5, 5.41) is 1.68. The summed E-state index contributed by atoms with van der Waals surface area (Å²) in [6, 6.07) is 10.5. The summed E-state index contributed by atoms with van der Waals surface area (Å²) in [5.41, 5.74) is 0.550. The van der Waals surface area contributed by atoms with Gasteiger partial charge in [-0.05, 0) is 18.2 Å². The van der Waals surface area contributed by atoms with E-state index < -0.39 is 0 Å². The third-order valence-corrected chi connectivity index (χ3v) is 3.82. The topological polar surface area (TPSA) is 17.1 Å². The first kappa shape index (κ1) is 9.48. The fourth-order valence-electron chi connectivity index (χ4n) is 1.92. The Hall–Kier alpha value is -1.74. The molecule has 3 heteroatoms. The quantitative estimate of drug-likeness (QED) is 0.577. The number of halogens is 1. The number of fused-ring (bicyclic) bond motifs is 3. The Kier molecular flexibility index (Phi) is 2.01. The van der Waals surface area contributed by atoms with Crippen LogP contribution < -0.4 is 0 Å². The van der Waals surface area contributed by atoms with E-state index in [4.69, 9.17) is 0 Å². The molecule has 0 spiro atoms. The van der Waals surface area contributed by atoms with E-state index in [9.17, 15) is 9.18 Å². The molecular weight excluding hydrogens is 223 g/mol. The highest BCUT2D eigenvalue weighted by atomic mass is 32.1. The molecule has 0 atom stereocenters. The van der Waals surface area contributed by atoms with Gasteiger partial charge in [0.1, 0.15) is 5.82 Å². The van der Waals surface area contributed by atoms with E-state index in [1.54, 1.807) is 0 Å². The normalized spacial score (nSPS) is 11.1.